The van der Waals surface area contributed by atoms with Crippen molar-refractivity contribution in [2.45, 2.75) is 0 Å². The Morgan fingerprint density at radius 3 is 0.640 bits per heavy atom. The second-order valence-electron chi connectivity index (χ2n) is 12.6. The van der Waals surface area contributed by atoms with Gasteiger partial charge < -0.3 is 18.3 Å². The fourth-order valence-corrected chi connectivity index (χ4v) is 21.1. The van der Waals surface area contributed by atoms with Crippen LogP contribution in [0.15, 0.2) is 182 Å². The summed E-state index contributed by atoms with van der Waals surface area (Å²) in [6, 6.07) is 56.7. The molecule has 0 aromatic heterocycles. The van der Waals surface area contributed by atoms with E-state index in [0.717, 1.165) is 21.2 Å². The largest absolute Gasteiger partial charge is 0.319 e. The van der Waals surface area contributed by atoms with Gasteiger partial charge in [-0.25, -0.2) is 0 Å². The first-order valence-electron chi connectivity index (χ1n) is 16.9. The van der Waals surface area contributed by atoms with Crippen molar-refractivity contribution in [1.82, 2.24) is 0 Å². The number of hydrogen-bond acceptors (Lipinski definition) is 4. The highest BCUT2D eigenvalue weighted by Gasteiger charge is 2.37. The third-order valence-corrected chi connectivity index (χ3v) is 23.1. The van der Waals surface area contributed by atoms with E-state index in [1.807, 2.05) is 182 Å². The highest BCUT2D eigenvalue weighted by Crippen LogP contribution is 2.57. The average Bonchev–Trinajstić information content (AvgIpc) is 3.20. The Morgan fingerprint density at radius 2 is 0.420 bits per heavy atom. The molecule has 6 rings (SSSR count). The van der Waals surface area contributed by atoms with Crippen molar-refractivity contribution in [2.75, 3.05) is 37.0 Å². The summed E-state index contributed by atoms with van der Waals surface area (Å²) >= 11 is 0. The molecule has 6 aromatic rings. The van der Waals surface area contributed by atoms with Crippen LogP contribution in [0.25, 0.3) is 0 Å². The number of hydrogen-bond donors (Lipinski definition) is 0. The van der Waals surface area contributed by atoms with E-state index < -0.39 is 28.6 Å². The topological polar surface area (TPSA) is 68.3 Å². The Kier molecular flexibility index (Phi) is 11.6. The summed E-state index contributed by atoms with van der Waals surface area (Å²) < 4.78 is 60.7. The highest BCUT2D eigenvalue weighted by molar-refractivity contribution is 7.81. The second kappa shape index (κ2) is 16.1. The van der Waals surface area contributed by atoms with Crippen LogP contribution in [0, 0.1) is 0 Å². The molecule has 0 radical (unpaired) electrons. The summed E-state index contributed by atoms with van der Waals surface area (Å²) in [6.45, 7) is 0. The summed E-state index contributed by atoms with van der Waals surface area (Å²) in [5.74, 6) is 0. The third kappa shape index (κ3) is 8.07. The first-order valence-corrected chi connectivity index (χ1v) is 24.9. The molecule has 254 valence electrons. The fourth-order valence-electron chi connectivity index (χ4n) is 6.56. The molecular weight excluding hydrogens is 692 g/mol. The van der Waals surface area contributed by atoms with Gasteiger partial charge in [-0.2, -0.15) is 0 Å². The highest BCUT2D eigenvalue weighted by atomic mass is 31.2. The normalized spacial score (nSPS) is 14.3. The molecule has 0 aliphatic rings. The van der Waals surface area contributed by atoms with Gasteiger partial charge in [-0.3, -0.25) is 0 Å². The Balaban J connectivity index is 1.34. The minimum Gasteiger partial charge on any atom is -0.319 e. The van der Waals surface area contributed by atoms with Gasteiger partial charge in [-0.05, 0) is 0 Å². The molecule has 0 aliphatic carbocycles. The van der Waals surface area contributed by atoms with Gasteiger partial charge >= 0.3 is 0 Å². The van der Waals surface area contributed by atoms with Crippen LogP contribution in [0.2, 0.25) is 0 Å². The van der Waals surface area contributed by atoms with Crippen LogP contribution in [0.3, 0.4) is 0 Å². The molecule has 6 aromatic carbocycles. The van der Waals surface area contributed by atoms with Gasteiger partial charge in [-0.1, -0.05) is 182 Å². The van der Waals surface area contributed by atoms with Gasteiger partial charge in [0.1, 0.15) is 28.6 Å². The van der Waals surface area contributed by atoms with E-state index >= 15 is 9.13 Å². The van der Waals surface area contributed by atoms with Crippen molar-refractivity contribution < 1.29 is 18.3 Å². The molecule has 0 amide bonds. The van der Waals surface area contributed by atoms with E-state index in [0.29, 0.717) is 10.6 Å². The van der Waals surface area contributed by atoms with Crippen LogP contribution in [-0.4, -0.2) is 37.0 Å². The molecule has 50 heavy (non-hydrogen) atoms. The van der Waals surface area contributed by atoms with Crippen LogP contribution in [0.4, 0.5) is 0 Å². The summed E-state index contributed by atoms with van der Waals surface area (Å²) in [5, 5.41) is 4.34. The van der Waals surface area contributed by atoms with E-state index in [1.165, 1.54) is 0 Å². The molecule has 4 nitrogen and oxygen atoms in total. The molecule has 0 fully saturated rings. The van der Waals surface area contributed by atoms with Gasteiger partial charge in [0.05, 0.1) is 0 Å². The predicted molar refractivity (Wildman–Crippen MR) is 216 cm³/mol. The minimum absolute atomic E-state index is 0.188. The van der Waals surface area contributed by atoms with E-state index in [-0.39, 0.29) is 37.0 Å². The van der Waals surface area contributed by atoms with E-state index in [4.69, 9.17) is 0 Å². The Labute approximate surface area is 296 Å². The van der Waals surface area contributed by atoms with Gasteiger partial charge in [-0.15, -0.1) is 0 Å². The molecule has 0 saturated carbocycles. The average molecular weight is 735 g/mol. The molecule has 0 heterocycles. The van der Waals surface area contributed by atoms with Crippen molar-refractivity contribution in [3.8, 4) is 0 Å². The number of benzene rings is 6. The Morgan fingerprint density at radius 1 is 0.240 bits per heavy atom. The van der Waals surface area contributed by atoms with E-state index in [2.05, 4.69) is 0 Å². The van der Waals surface area contributed by atoms with E-state index in [1.54, 1.807) is 0 Å². The molecule has 8 heteroatoms. The van der Waals surface area contributed by atoms with Crippen LogP contribution in [-0.2, 0) is 18.3 Å². The zero-order valence-corrected chi connectivity index (χ0v) is 31.6. The Bertz CT molecular complexity index is 1920. The molecule has 0 aliphatic heterocycles. The molecule has 2 atom stereocenters. The van der Waals surface area contributed by atoms with Gasteiger partial charge in [0.15, 0.2) is 0 Å². The lowest BCUT2D eigenvalue weighted by atomic mass is 10.4. The maximum absolute atomic E-state index is 15.3. The monoisotopic (exact) mass is 734 g/mol. The second-order valence-corrected chi connectivity index (χ2v) is 24.9. The van der Waals surface area contributed by atoms with Crippen molar-refractivity contribution >= 4 is 60.4 Å². The lowest BCUT2D eigenvalue weighted by Crippen LogP contribution is -2.24. The minimum atomic E-state index is -3.22. The zero-order valence-electron chi connectivity index (χ0n) is 28.0. The smallest absolute Gasteiger partial charge is 0.143 e. The summed E-state index contributed by atoms with van der Waals surface area (Å²) in [4.78, 5) is 0. The van der Waals surface area contributed by atoms with Crippen molar-refractivity contribution in [3.05, 3.63) is 182 Å². The molecular formula is C42H42O4P4. The summed E-state index contributed by atoms with van der Waals surface area (Å²) in [5.41, 5.74) is 0. The fraction of sp³-hybridized carbons (Fsp3) is 0.143. The van der Waals surface area contributed by atoms with E-state index in [9.17, 15) is 9.13 Å². The first-order chi connectivity index (χ1) is 24.3. The van der Waals surface area contributed by atoms with Crippen LogP contribution in [0.5, 0.6) is 0 Å². The lowest BCUT2D eigenvalue weighted by Gasteiger charge is -2.27. The standard InChI is InChI=1S/C42H42O4P4/c43-47(37-19-7-1-8-20-37,33-35-49(45,39-23-11-3-12-24-39)40-25-13-4-14-26-40)31-32-48(44,38-21-9-2-10-22-38)34-36-50(46,41-27-15-5-16-28-41)42-29-17-6-18-30-42/h1-30H,31-36H2. The maximum atomic E-state index is 15.3. The van der Waals surface area contributed by atoms with Gasteiger partial charge in [0.25, 0.3) is 0 Å². The molecule has 0 bridgehead atoms. The summed E-state index contributed by atoms with van der Waals surface area (Å²) in [6.07, 6.45) is 1.24. The van der Waals surface area contributed by atoms with Gasteiger partial charge in [0.2, 0.25) is 0 Å². The van der Waals surface area contributed by atoms with Crippen molar-refractivity contribution in [3.63, 3.8) is 0 Å². The van der Waals surface area contributed by atoms with Crippen LogP contribution >= 0.6 is 28.6 Å². The lowest BCUT2D eigenvalue weighted by molar-refractivity contribution is 0.574. The number of rotatable bonds is 15. The molecule has 2 unspecified atom stereocenters. The zero-order chi connectivity index (χ0) is 34.9. The Hall–Kier alpha value is -3.76. The van der Waals surface area contributed by atoms with Gasteiger partial charge in [0, 0.05) is 68.8 Å². The maximum Gasteiger partial charge on any atom is 0.143 e. The molecule has 0 spiro atoms. The van der Waals surface area contributed by atoms with Crippen LogP contribution in [0.1, 0.15) is 0 Å². The third-order valence-electron chi connectivity index (χ3n) is 9.52. The first kappa shape index (κ1) is 36.0. The van der Waals surface area contributed by atoms with Crippen LogP contribution < -0.4 is 31.8 Å². The predicted octanol–water partition coefficient (Wildman–Crippen LogP) is 8.39. The molecule has 0 saturated heterocycles. The van der Waals surface area contributed by atoms with Crippen molar-refractivity contribution in [1.29, 1.82) is 0 Å². The summed E-state index contributed by atoms with van der Waals surface area (Å²) in [7, 11) is -12.7. The quantitative estimate of drug-likeness (QED) is 0.0995. The SMILES string of the molecule is O=P(CCP(=O)(CCP(=O)(c1ccccc1)c1ccccc1)c1ccccc1)(CCP(=O)(c1ccccc1)c1ccccc1)c1ccccc1. The van der Waals surface area contributed by atoms with Crippen molar-refractivity contribution in [2.24, 2.45) is 0 Å². The molecule has 0 N–H and O–H groups in total.